The summed E-state index contributed by atoms with van der Waals surface area (Å²) >= 11 is 6.12. The second kappa shape index (κ2) is 7.32. The summed E-state index contributed by atoms with van der Waals surface area (Å²) in [5.41, 5.74) is 15.7. The lowest BCUT2D eigenvalue weighted by Crippen LogP contribution is -2.01. The number of nitrogen functional groups attached to an aromatic ring is 2. The van der Waals surface area contributed by atoms with E-state index in [0.29, 0.717) is 39.9 Å². The van der Waals surface area contributed by atoms with Gasteiger partial charge in [-0.25, -0.2) is 9.97 Å². The summed E-state index contributed by atoms with van der Waals surface area (Å²) in [7, 11) is 0. The first kappa shape index (κ1) is 18.0. The highest BCUT2D eigenvalue weighted by Gasteiger charge is 2.11. The van der Waals surface area contributed by atoms with E-state index in [1.54, 1.807) is 18.3 Å². The first-order valence-electron chi connectivity index (χ1n) is 8.67. The van der Waals surface area contributed by atoms with Crippen LogP contribution in [0.25, 0.3) is 22.3 Å². The van der Waals surface area contributed by atoms with Crippen LogP contribution in [0.4, 0.5) is 11.5 Å². The van der Waals surface area contributed by atoms with Crippen molar-refractivity contribution >= 4 is 34.0 Å². The Balaban J connectivity index is 1.64. The highest BCUT2D eigenvalue weighted by molar-refractivity contribution is 6.34. The topological polar surface area (TPSA) is 99.9 Å². The van der Waals surface area contributed by atoms with Crippen LogP contribution < -0.4 is 16.2 Å². The number of fused-ring (bicyclic) bond motifs is 1. The van der Waals surface area contributed by atoms with Gasteiger partial charge >= 0.3 is 0 Å². The fourth-order valence-corrected chi connectivity index (χ4v) is 3.06. The van der Waals surface area contributed by atoms with E-state index in [1.165, 1.54) is 0 Å². The maximum absolute atomic E-state index is 6.12. The van der Waals surface area contributed by atoms with Crippen LogP contribution in [0, 0.1) is 6.92 Å². The highest BCUT2D eigenvalue weighted by atomic mass is 35.5. The number of hydrogen-bond donors (Lipinski definition) is 2. The molecule has 0 aliphatic rings. The lowest BCUT2D eigenvalue weighted by molar-refractivity contribution is 0.299. The average molecular weight is 392 g/mol. The summed E-state index contributed by atoms with van der Waals surface area (Å²) in [5, 5.41) is 1.11. The Hall–Kier alpha value is -3.38. The summed E-state index contributed by atoms with van der Waals surface area (Å²) in [4.78, 5) is 13.3. The van der Waals surface area contributed by atoms with Crippen LogP contribution in [0.1, 0.15) is 11.3 Å². The Morgan fingerprint density at radius 2 is 1.89 bits per heavy atom. The van der Waals surface area contributed by atoms with Gasteiger partial charge in [-0.2, -0.15) is 0 Å². The number of aromatic nitrogens is 3. The number of aryl methyl sites for hydroxylation is 1. The number of pyridine rings is 1. The van der Waals surface area contributed by atoms with Gasteiger partial charge in [0, 0.05) is 17.1 Å². The molecule has 0 spiro atoms. The van der Waals surface area contributed by atoms with Crippen LogP contribution in [0.2, 0.25) is 5.02 Å². The fourth-order valence-electron chi connectivity index (χ4n) is 2.91. The van der Waals surface area contributed by atoms with Gasteiger partial charge in [-0.1, -0.05) is 17.7 Å². The molecule has 4 N–H and O–H groups in total. The fraction of sp³-hybridized carbons (Fsp3) is 0.0952. The molecule has 0 radical (unpaired) electrons. The van der Waals surface area contributed by atoms with E-state index >= 15 is 0 Å². The molecule has 0 unspecified atom stereocenters. The van der Waals surface area contributed by atoms with E-state index < -0.39 is 0 Å². The van der Waals surface area contributed by atoms with Crippen molar-refractivity contribution in [2.45, 2.75) is 13.5 Å². The third-order valence-electron chi connectivity index (χ3n) is 4.38. The third-order valence-corrected chi connectivity index (χ3v) is 4.71. The molecule has 2 aromatic carbocycles. The molecule has 0 amide bonds. The molecule has 0 bridgehead atoms. The number of ether oxygens (including phenoxy) is 1. The molecule has 0 atom stereocenters. The molecule has 2 heterocycles. The van der Waals surface area contributed by atoms with Crippen molar-refractivity contribution < 1.29 is 4.74 Å². The lowest BCUT2D eigenvalue weighted by Gasteiger charge is -2.11. The van der Waals surface area contributed by atoms with Gasteiger partial charge in [-0.05, 0) is 55.0 Å². The summed E-state index contributed by atoms with van der Waals surface area (Å²) in [6.07, 6.45) is 1.75. The van der Waals surface area contributed by atoms with Crippen molar-refractivity contribution in [2.75, 3.05) is 11.5 Å². The van der Waals surface area contributed by atoms with Crippen LogP contribution in [-0.2, 0) is 6.61 Å². The molecule has 0 aliphatic carbocycles. The van der Waals surface area contributed by atoms with Gasteiger partial charge in [0.25, 0.3) is 0 Å². The summed E-state index contributed by atoms with van der Waals surface area (Å²) < 4.78 is 5.88. The zero-order chi connectivity index (χ0) is 19.7. The molecule has 2 aromatic heterocycles. The maximum atomic E-state index is 6.12. The zero-order valence-electron chi connectivity index (χ0n) is 15.2. The first-order chi connectivity index (χ1) is 13.5. The molecule has 140 valence electrons. The number of benzene rings is 2. The molecule has 6 nitrogen and oxygen atoms in total. The molecule has 0 aliphatic heterocycles. The Labute approximate surface area is 167 Å². The number of anilines is 2. The minimum Gasteiger partial charge on any atom is -0.487 e. The largest absolute Gasteiger partial charge is 0.487 e. The van der Waals surface area contributed by atoms with Gasteiger partial charge in [0.2, 0.25) is 0 Å². The average Bonchev–Trinajstić information content (AvgIpc) is 2.69. The monoisotopic (exact) mass is 391 g/mol. The standard InChI is InChI=1S/C21H18ClN5O/c1-12-8-13(5-6-19(12)28-11-14-4-2-3-7-25-14)21-26-18-10-16(22)17(23)9-15(18)20(24)27-21/h2-10H,11,23H2,1H3,(H2,24,26,27). The Bertz CT molecular complexity index is 1160. The van der Waals surface area contributed by atoms with E-state index in [-0.39, 0.29) is 0 Å². The van der Waals surface area contributed by atoms with Gasteiger partial charge in [-0.15, -0.1) is 0 Å². The Morgan fingerprint density at radius 3 is 2.64 bits per heavy atom. The van der Waals surface area contributed by atoms with Crippen LogP contribution in [0.15, 0.2) is 54.7 Å². The number of nitrogens with two attached hydrogens (primary N) is 2. The first-order valence-corrected chi connectivity index (χ1v) is 9.05. The van der Waals surface area contributed by atoms with E-state index in [4.69, 9.17) is 27.8 Å². The van der Waals surface area contributed by atoms with Gasteiger partial charge in [0.1, 0.15) is 18.2 Å². The molecule has 0 saturated carbocycles. The van der Waals surface area contributed by atoms with E-state index in [0.717, 1.165) is 22.6 Å². The molecular weight excluding hydrogens is 374 g/mol. The SMILES string of the molecule is Cc1cc(-c2nc(N)c3cc(N)c(Cl)cc3n2)ccc1OCc1ccccn1. The van der Waals surface area contributed by atoms with E-state index in [2.05, 4.69) is 15.0 Å². The van der Waals surface area contributed by atoms with Crippen LogP contribution in [0.5, 0.6) is 5.75 Å². The molecule has 4 rings (SSSR count). The number of halogens is 1. The second-order valence-corrected chi connectivity index (χ2v) is 6.82. The molecule has 28 heavy (non-hydrogen) atoms. The molecule has 0 fully saturated rings. The van der Waals surface area contributed by atoms with Crippen molar-refractivity contribution in [1.29, 1.82) is 0 Å². The van der Waals surface area contributed by atoms with E-state index in [9.17, 15) is 0 Å². The van der Waals surface area contributed by atoms with Crippen molar-refractivity contribution in [3.63, 3.8) is 0 Å². The van der Waals surface area contributed by atoms with Crippen LogP contribution in [-0.4, -0.2) is 15.0 Å². The normalized spacial score (nSPS) is 10.9. The van der Waals surface area contributed by atoms with Crippen LogP contribution >= 0.6 is 11.6 Å². The quantitative estimate of drug-likeness (QED) is 0.500. The maximum Gasteiger partial charge on any atom is 0.162 e. The lowest BCUT2D eigenvalue weighted by atomic mass is 10.1. The van der Waals surface area contributed by atoms with Gasteiger partial charge in [0.15, 0.2) is 5.82 Å². The zero-order valence-corrected chi connectivity index (χ0v) is 15.9. The minimum absolute atomic E-state index is 0.358. The predicted octanol–water partition coefficient (Wildman–Crippen LogP) is 4.40. The molecular formula is C21H18ClN5O. The number of rotatable bonds is 4. The van der Waals surface area contributed by atoms with E-state index in [1.807, 2.05) is 43.3 Å². The van der Waals surface area contributed by atoms with Crippen LogP contribution in [0.3, 0.4) is 0 Å². The van der Waals surface area contributed by atoms with Gasteiger partial charge < -0.3 is 16.2 Å². The highest BCUT2D eigenvalue weighted by Crippen LogP contribution is 2.31. The molecule has 7 heteroatoms. The van der Waals surface area contributed by atoms with Crippen molar-refractivity contribution in [3.8, 4) is 17.1 Å². The number of nitrogens with zero attached hydrogens (tertiary/aromatic N) is 3. The number of hydrogen-bond acceptors (Lipinski definition) is 6. The third kappa shape index (κ3) is 3.54. The summed E-state index contributed by atoms with van der Waals surface area (Å²) in [6.45, 7) is 2.37. The molecule has 0 saturated heterocycles. The van der Waals surface area contributed by atoms with Crippen molar-refractivity contribution in [3.05, 3.63) is 71.0 Å². The summed E-state index contributed by atoms with van der Waals surface area (Å²) in [6, 6.07) is 14.9. The van der Waals surface area contributed by atoms with Gasteiger partial charge in [0.05, 0.1) is 21.9 Å². The minimum atomic E-state index is 0.358. The summed E-state index contributed by atoms with van der Waals surface area (Å²) in [5.74, 6) is 1.65. The Kier molecular flexibility index (Phi) is 4.71. The Morgan fingerprint density at radius 1 is 1.04 bits per heavy atom. The predicted molar refractivity (Wildman–Crippen MR) is 112 cm³/mol. The second-order valence-electron chi connectivity index (χ2n) is 6.41. The van der Waals surface area contributed by atoms with Crippen molar-refractivity contribution in [2.24, 2.45) is 0 Å². The van der Waals surface area contributed by atoms with Crippen molar-refractivity contribution in [1.82, 2.24) is 15.0 Å². The smallest absolute Gasteiger partial charge is 0.162 e. The van der Waals surface area contributed by atoms with Gasteiger partial charge in [-0.3, -0.25) is 4.98 Å². The molecule has 4 aromatic rings.